The number of piperidine rings is 1. The monoisotopic (exact) mass is 261 g/mol. The Hall–Kier alpha value is -0.860. The molecule has 0 aliphatic carbocycles. The summed E-state index contributed by atoms with van der Waals surface area (Å²) < 4.78 is 0. The molecule has 2 unspecified atom stereocenters. The van der Waals surface area contributed by atoms with Crippen molar-refractivity contribution in [1.29, 1.82) is 0 Å². The smallest absolute Gasteiger partial charge is 0.0830 e. The van der Waals surface area contributed by atoms with Crippen LogP contribution in [0.3, 0.4) is 0 Å². The Bertz CT molecular complexity index is 390. The molecule has 2 N–H and O–H groups in total. The zero-order valence-corrected chi connectivity index (χ0v) is 12.4. The van der Waals surface area contributed by atoms with Crippen LogP contribution in [0.25, 0.3) is 0 Å². The SMILES string of the molecule is CCC(C)(C)c1ccc(C(O)C2CCCNC2)cc1. The summed E-state index contributed by atoms with van der Waals surface area (Å²) in [5.74, 6) is 0.360. The minimum Gasteiger partial charge on any atom is -0.388 e. The lowest BCUT2D eigenvalue weighted by Crippen LogP contribution is -2.33. The molecule has 2 rings (SSSR count). The molecule has 2 atom stereocenters. The van der Waals surface area contributed by atoms with Crippen LogP contribution >= 0.6 is 0 Å². The number of aliphatic hydroxyl groups excluding tert-OH is 1. The van der Waals surface area contributed by atoms with E-state index in [4.69, 9.17) is 0 Å². The maximum absolute atomic E-state index is 10.5. The highest BCUT2D eigenvalue weighted by Crippen LogP contribution is 2.30. The fourth-order valence-corrected chi connectivity index (χ4v) is 2.76. The molecule has 0 bridgehead atoms. The molecule has 0 spiro atoms. The average Bonchev–Trinajstić information content (AvgIpc) is 2.47. The second-order valence-electron chi connectivity index (χ2n) is 6.41. The molecule has 1 aromatic carbocycles. The molecule has 106 valence electrons. The van der Waals surface area contributed by atoms with Crippen molar-refractivity contribution in [1.82, 2.24) is 5.32 Å². The molecule has 0 amide bonds. The third-order valence-electron chi connectivity index (χ3n) is 4.70. The molecule has 1 fully saturated rings. The molecule has 19 heavy (non-hydrogen) atoms. The molecule has 0 aromatic heterocycles. The van der Waals surface area contributed by atoms with Crippen molar-refractivity contribution >= 4 is 0 Å². The normalized spacial score (nSPS) is 22.2. The zero-order chi connectivity index (χ0) is 13.9. The van der Waals surface area contributed by atoms with E-state index in [0.717, 1.165) is 31.5 Å². The number of hydrogen-bond acceptors (Lipinski definition) is 2. The fourth-order valence-electron chi connectivity index (χ4n) is 2.76. The Labute approximate surface area is 117 Å². The summed E-state index contributed by atoms with van der Waals surface area (Å²) >= 11 is 0. The van der Waals surface area contributed by atoms with Crippen molar-refractivity contribution in [2.24, 2.45) is 5.92 Å². The minimum absolute atomic E-state index is 0.218. The first-order chi connectivity index (χ1) is 9.04. The maximum atomic E-state index is 10.5. The van der Waals surface area contributed by atoms with Gasteiger partial charge in [-0.1, -0.05) is 45.0 Å². The minimum atomic E-state index is -0.327. The van der Waals surface area contributed by atoms with Gasteiger partial charge in [-0.3, -0.25) is 0 Å². The van der Waals surface area contributed by atoms with E-state index in [1.54, 1.807) is 0 Å². The lowest BCUT2D eigenvalue weighted by Gasteiger charge is -2.28. The molecular formula is C17H27NO. The third kappa shape index (κ3) is 3.37. The summed E-state index contributed by atoms with van der Waals surface area (Å²) in [6, 6.07) is 8.56. The summed E-state index contributed by atoms with van der Waals surface area (Å²) in [4.78, 5) is 0. The van der Waals surface area contributed by atoms with Crippen molar-refractivity contribution in [2.45, 2.75) is 51.6 Å². The van der Waals surface area contributed by atoms with E-state index in [2.05, 4.69) is 50.4 Å². The van der Waals surface area contributed by atoms with E-state index in [1.807, 2.05) is 0 Å². The van der Waals surface area contributed by atoms with Crippen LogP contribution in [-0.2, 0) is 5.41 Å². The number of hydrogen-bond donors (Lipinski definition) is 2. The van der Waals surface area contributed by atoms with E-state index >= 15 is 0 Å². The predicted molar refractivity (Wildman–Crippen MR) is 80.3 cm³/mol. The molecule has 0 saturated carbocycles. The van der Waals surface area contributed by atoms with Crippen LogP contribution < -0.4 is 5.32 Å². The summed E-state index contributed by atoms with van der Waals surface area (Å²) in [5, 5.41) is 13.8. The van der Waals surface area contributed by atoms with E-state index in [9.17, 15) is 5.11 Å². The largest absolute Gasteiger partial charge is 0.388 e. The first-order valence-corrected chi connectivity index (χ1v) is 7.54. The molecule has 2 heteroatoms. The molecule has 0 radical (unpaired) electrons. The van der Waals surface area contributed by atoms with Crippen LogP contribution in [-0.4, -0.2) is 18.2 Å². The van der Waals surface area contributed by atoms with E-state index in [0.29, 0.717) is 5.92 Å². The van der Waals surface area contributed by atoms with Gasteiger partial charge in [-0.05, 0) is 42.3 Å². The summed E-state index contributed by atoms with van der Waals surface area (Å²) in [5.41, 5.74) is 2.63. The number of nitrogens with one attached hydrogen (secondary N) is 1. The second-order valence-corrected chi connectivity index (χ2v) is 6.41. The second kappa shape index (κ2) is 6.06. The highest BCUT2D eigenvalue weighted by atomic mass is 16.3. The Morgan fingerprint density at radius 3 is 2.53 bits per heavy atom. The number of benzene rings is 1. The zero-order valence-electron chi connectivity index (χ0n) is 12.4. The van der Waals surface area contributed by atoms with Gasteiger partial charge in [0.1, 0.15) is 0 Å². The van der Waals surface area contributed by atoms with Crippen LogP contribution in [0.1, 0.15) is 57.3 Å². The fraction of sp³-hybridized carbons (Fsp3) is 0.647. The Morgan fingerprint density at radius 2 is 2.00 bits per heavy atom. The summed E-state index contributed by atoms with van der Waals surface area (Å²) in [6.45, 7) is 8.78. The molecular weight excluding hydrogens is 234 g/mol. The molecule has 1 saturated heterocycles. The first-order valence-electron chi connectivity index (χ1n) is 7.54. The highest BCUT2D eigenvalue weighted by molar-refractivity contribution is 5.29. The van der Waals surface area contributed by atoms with Gasteiger partial charge in [-0.2, -0.15) is 0 Å². The number of rotatable bonds is 4. The van der Waals surface area contributed by atoms with Gasteiger partial charge in [0.15, 0.2) is 0 Å². The highest BCUT2D eigenvalue weighted by Gasteiger charge is 2.24. The Balaban J connectivity index is 2.09. The van der Waals surface area contributed by atoms with Crippen molar-refractivity contribution in [3.8, 4) is 0 Å². The van der Waals surface area contributed by atoms with E-state index < -0.39 is 0 Å². The molecule has 1 aliphatic rings. The van der Waals surface area contributed by atoms with Gasteiger partial charge in [-0.25, -0.2) is 0 Å². The van der Waals surface area contributed by atoms with Gasteiger partial charge >= 0.3 is 0 Å². The summed E-state index contributed by atoms with van der Waals surface area (Å²) in [7, 11) is 0. The molecule has 1 aromatic rings. The predicted octanol–water partition coefficient (Wildman–Crippen LogP) is 3.41. The van der Waals surface area contributed by atoms with Crippen LogP contribution in [0.4, 0.5) is 0 Å². The van der Waals surface area contributed by atoms with Crippen LogP contribution in [0.2, 0.25) is 0 Å². The van der Waals surface area contributed by atoms with Gasteiger partial charge < -0.3 is 10.4 Å². The van der Waals surface area contributed by atoms with Crippen LogP contribution in [0.5, 0.6) is 0 Å². The average molecular weight is 261 g/mol. The van der Waals surface area contributed by atoms with Gasteiger partial charge in [0, 0.05) is 12.5 Å². The quantitative estimate of drug-likeness (QED) is 0.870. The topological polar surface area (TPSA) is 32.3 Å². The van der Waals surface area contributed by atoms with Crippen LogP contribution in [0.15, 0.2) is 24.3 Å². The van der Waals surface area contributed by atoms with E-state index in [-0.39, 0.29) is 11.5 Å². The van der Waals surface area contributed by atoms with Crippen molar-refractivity contribution in [3.05, 3.63) is 35.4 Å². The van der Waals surface area contributed by atoms with Gasteiger partial charge in [0.2, 0.25) is 0 Å². The Kier molecular flexibility index (Phi) is 4.64. The Morgan fingerprint density at radius 1 is 1.32 bits per heavy atom. The summed E-state index contributed by atoms with van der Waals surface area (Å²) in [6.07, 6.45) is 3.09. The van der Waals surface area contributed by atoms with E-state index in [1.165, 1.54) is 12.0 Å². The maximum Gasteiger partial charge on any atom is 0.0830 e. The number of aliphatic hydroxyl groups is 1. The van der Waals surface area contributed by atoms with Gasteiger partial charge in [-0.15, -0.1) is 0 Å². The molecule has 2 nitrogen and oxygen atoms in total. The lowest BCUT2D eigenvalue weighted by atomic mass is 9.81. The third-order valence-corrected chi connectivity index (χ3v) is 4.70. The molecule has 1 heterocycles. The van der Waals surface area contributed by atoms with Crippen molar-refractivity contribution < 1.29 is 5.11 Å². The van der Waals surface area contributed by atoms with Crippen molar-refractivity contribution in [2.75, 3.05) is 13.1 Å². The van der Waals surface area contributed by atoms with Crippen LogP contribution in [0, 0.1) is 5.92 Å². The van der Waals surface area contributed by atoms with Gasteiger partial charge in [0.05, 0.1) is 6.10 Å². The standard InChI is InChI=1S/C17H27NO/c1-4-17(2,3)15-9-7-13(8-10-15)16(19)14-6-5-11-18-12-14/h7-10,14,16,18-19H,4-6,11-12H2,1-3H3. The van der Waals surface area contributed by atoms with Crippen molar-refractivity contribution in [3.63, 3.8) is 0 Å². The lowest BCUT2D eigenvalue weighted by molar-refractivity contribution is 0.0921. The first kappa shape index (κ1) is 14.5. The molecule has 1 aliphatic heterocycles. The van der Waals surface area contributed by atoms with Gasteiger partial charge in [0.25, 0.3) is 0 Å².